The molecule has 0 spiro atoms. The van der Waals surface area contributed by atoms with Gasteiger partial charge in [-0.25, -0.2) is 4.79 Å². The quantitative estimate of drug-likeness (QED) is 0.462. The average molecular weight is 392 g/mol. The normalized spacial score (nSPS) is 9.93. The van der Waals surface area contributed by atoms with Gasteiger partial charge in [-0.3, -0.25) is 0 Å². The number of nitrogens with one attached hydrogen (secondary N) is 2. The van der Waals surface area contributed by atoms with Crippen LogP contribution in [0.4, 0.5) is 16.2 Å². The maximum atomic E-state index is 11.8. The molecule has 152 valence electrons. The van der Waals surface area contributed by atoms with Crippen molar-refractivity contribution in [1.82, 2.24) is 5.32 Å². The Morgan fingerprint density at radius 1 is 0.862 bits per heavy atom. The molecule has 0 saturated carbocycles. The highest BCUT2D eigenvalue weighted by atomic mass is 16.3. The second-order valence-electron chi connectivity index (χ2n) is 7.15. The van der Waals surface area contributed by atoms with Gasteiger partial charge in [0.05, 0.1) is 0 Å². The first-order valence-corrected chi connectivity index (χ1v) is 9.47. The van der Waals surface area contributed by atoms with E-state index in [1.54, 1.807) is 24.3 Å². The van der Waals surface area contributed by atoms with Gasteiger partial charge in [-0.05, 0) is 79.8 Å². The highest BCUT2D eigenvalue weighted by Crippen LogP contribution is 2.16. The van der Waals surface area contributed by atoms with Crippen LogP contribution in [-0.2, 0) is 6.54 Å². The van der Waals surface area contributed by atoms with Crippen molar-refractivity contribution in [3.05, 3.63) is 88.5 Å². The third kappa shape index (κ3) is 7.22. The van der Waals surface area contributed by atoms with Crippen LogP contribution < -0.4 is 16.4 Å². The molecule has 0 heterocycles. The van der Waals surface area contributed by atoms with E-state index in [0.29, 0.717) is 6.54 Å². The molecule has 3 aromatic carbocycles. The Hall–Kier alpha value is -3.47. The summed E-state index contributed by atoms with van der Waals surface area (Å²) < 4.78 is 0. The zero-order valence-corrected chi connectivity index (χ0v) is 17.4. The number of amides is 2. The number of carbonyl (C=O) groups is 1. The lowest BCUT2D eigenvalue weighted by atomic mass is 10.1. The third-order valence-electron chi connectivity index (χ3n) is 4.47. The largest absolute Gasteiger partial charge is 0.508 e. The molecule has 2 amide bonds. The van der Waals surface area contributed by atoms with Crippen molar-refractivity contribution in [2.75, 3.05) is 11.1 Å². The Morgan fingerprint density at radius 2 is 1.45 bits per heavy atom. The molecule has 0 aliphatic rings. The highest BCUT2D eigenvalue weighted by molar-refractivity contribution is 5.90. The maximum Gasteiger partial charge on any atom is 0.319 e. The average Bonchev–Trinajstić information content (AvgIpc) is 2.68. The minimum Gasteiger partial charge on any atom is -0.508 e. The molecule has 0 aromatic heterocycles. The highest BCUT2D eigenvalue weighted by Gasteiger charge is 2.04. The second-order valence-corrected chi connectivity index (χ2v) is 7.15. The predicted molar refractivity (Wildman–Crippen MR) is 120 cm³/mol. The molecule has 3 aromatic rings. The molecule has 5 heteroatoms. The van der Waals surface area contributed by atoms with E-state index in [-0.39, 0.29) is 11.8 Å². The van der Waals surface area contributed by atoms with Crippen molar-refractivity contribution in [1.29, 1.82) is 0 Å². The number of aryl methyl sites for hydroxylation is 4. The van der Waals surface area contributed by atoms with Crippen molar-refractivity contribution in [2.24, 2.45) is 0 Å². The van der Waals surface area contributed by atoms with E-state index in [2.05, 4.69) is 16.7 Å². The Balaban J connectivity index is 0.000000278. The number of urea groups is 1. The van der Waals surface area contributed by atoms with Crippen LogP contribution in [0.5, 0.6) is 5.75 Å². The van der Waals surface area contributed by atoms with E-state index in [9.17, 15) is 9.90 Å². The monoisotopic (exact) mass is 391 g/mol. The smallest absolute Gasteiger partial charge is 0.319 e. The van der Waals surface area contributed by atoms with E-state index in [0.717, 1.165) is 33.6 Å². The van der Waals surface area contributed by atoms with Crippen molar-refractivity contribution < 1.29 is 9.90 Å². The lowest BCUT2D eigenvalue weighted by molar-refractivity contribution is 0.251. The summed E-state index contributed by atoms with van der Waals surface area (Å²) in [4.78, 5) is 11.8. The third-order valence-corrected chi connectivity index (χ3v) is 4.47. The molecule has 5 nitrogen and oxygen atoms in total. The number of rotatable bonds is 3. The van der Waals surface area contributed by atoms with Crippen LogP contribution in [0, 0.1) is 27.7 Å². The van der Waals surface area contributed by atoms with Gasteiger partial charge in [0.2, 0.25) is 0 Å². The summed E-state index contributed by atoms with van der Waals surface area (Å²) in [6.45, 7) is 8.40. The summed E-state index contributed by atoms with van der Waals surface area (Å²) in [5, 5.41) is 14.8. The predicted octanol–water partition coefficient (Wildman–Crippen LogP) is 5.22. The molecule has 0 atom stereocenters. The number of benzene rings is 3. The van der Waals surface area contributed by atoms with Crippen LogP contribution in [0.2, 0.25) is 0 Å². The topological polar surface area (TPSA) is 87.4 Å². The lowest BCUT2D eigenvalue weighted by Gasteiger charge is -2.10. The molecule has 0 bridgehead atoms. The Bertz CT molecular complexity index is 966. The Labute approximate surface area is 172 Å². The van der Waals surface area contributed by atoms with Crippen LogP contribution in [0.3, 0.4) is 0 Å². The fourth-order valence-corrected chi connectivity index (χ4v) is 2.59. The summed E-state index contributed by atoms with van der Waals surface area (Å²) in [6, 6.07) is 18.5. The molecule has 29 heavy (non-hydrogen) atoms. The molecule has 0 aliphatic carbocycles. The van der Waals surface area contributed by atoms with Gasteiger partial charge in [-0.2, -0.15) is 0 Å². The number of carbonyl (C=O) groups excluding carboxylic acids is 1. The summed E-state index contributed by atoms with van der Waals surface area (Å²) in [5.41, 5.74) is 12.7. The molecular weight excluding hydrogens is 362 g/mol. The van der Waals surface area contributed by atoms with Gasteiger partial charge in [-0.15, -0.1) is 0 Å². The number of hydrogen-bond donors (Lipinski definition) is 4. The number of nitrogen functional groups attached to an aromatic ring is 1. The molecule has 3 rings (SSSR count). The molecule has 0 aliphatic heterocycles. The van der Waals surface area contributed by atoms with E-state index >= 15 is 0 Å². The molecule has 0 unspecified atom stereocenters. The molecule has 0 fully saturated rings. The number of nitrogens with two attached hydrogens (primary N) is 1. The van der Waals surface area contributed by atoms with Gasteiger partial charge in [0.1, 0.15) is 5.75 Å². The SMILES string of the molecule is Cc1ccc(C)c(N)c1.Cc1ccc(C)c(NC(=O)NCc2ccc(O)cc2)c1. The van der Waals surface area contributed by atoms with E-state index in [1.165, 1.54) is 5.56 Å². The van der Waals surface area contributed by atoms with Crippen molar-refractivity contribution >= 4 is 17.4 Å². The fourth-order valence-electron chi connectivity index (χ4n) is 2.59. The first kappa shape index (κ1) is 21.8. The second kappa shape index (κ2) is 10.2. The van der Waals surface area contributed by atoms with Gasteiger partial charge < -0.3 is 21.5 Å². The lowest BCUT2D eigenvalue weighted by Crippen LogP contribution is -2.28. The first-order valence-electron chi connectivity index (χ1n) is 9.47. The number of phenols is 1. The van der Waals surface area contributed by atoms with Crippen LogP contribution in [-0.4, -0.2) is 11.1 Å². The van der Waals surface area contributed by atoms with Gasteiger partial charge in [0.15, 0.2) is 0 Å². The first-order chi connectivity index (χ1) is 13.7. The summed E-state index contributed by atoms with van der Waals surface area (Å²) in [7, 11) is 0. The van der Waals surface area contributed by atoms with E-state index < -0.39 is 0 Å². The van der Waals surface area contributed by atoms with Crippen molar-refractivity contribution in [3.63, 3.8) is 0 Å². The Kier molecular flexibility index (Phi) is 7.66. The number of phenolic OH excluding ortho intramolecular Hbond substituents is 1. The van der Waals surface area contributed by atoms with Gasteiger partial charge in [0.25, 0.3) is 0 Å². The molecule has 5 N–H and O–H groups in total. The summed E-state index contributed by atoms with van der Waals surface area (Å²) in [5.74, 6) is 0.216. The minimum absolute atomic E-state index is 0.216. The minimum atomic E-state index is -0.244. The van der Waals surface area contributed by atoms with Crippen LogP contribution >= 0.6 is 0 Å². The number of hydrogen-bond acceptors (Lipinski definition) is 3. The van der Waals surface area contributed by atoms with Gasteiger partial charge in [0, 0.05) is 17.9 Å². The maximum absolute atomic E-state index is 11.8. The van der Waals surface area contributed by atoms with Gasteiger partial charge in [-0.1, -0.05) is 36.4 Å². The zero-order chi connectivity index (χ0) is 21.4. The Morgan fingerprint density at radius 3 is 2.03 bits per heavy atom. The van der Waals surface area contributed by atoms with Crippen LogP contribution in [0.15, 0.2) is 60.7 Å². The zero-order valence-electron chi connectivity index (χ0n) is 17.4. The fraction of sp³-hybridized carbons (Fsp3) is 0.208. The summed E-state index contributed by atoms with van der Waals surface area (Å²) >= 11 is 0. The van der Waals surface area contributed by atoms with E-state index in [4.69, 9.17) is 5.73 Å². The molecule has 0 saturated heterocycles. The van der Waals surface area contributed by atoms with Crippen LogP contribution in [0.1, 0.15) is 27.8 Å². The van der Waals surface area contributed by atoms with Gasteiger partial charge >= 0.3 is 6.03 Å². The van der Waals surface area contributed by atoms with Crippen molar-refractivity contribution in [2.45, 2.75) is 34.2 Å². The number of aromatic hydroxyl groups is 1. The standard InChI is InChI=1S/C16H18N2O2.C8H11N/c1-11-3-4-12(2)15(9-11)18-16(20)17-10-13-5-7-14(19)8-6-13;1-6-3-4-7(2)8(9)5-6/h3-9,19H,10H2,1-2H3,(H2,17,18,20);3-5H,9H2,1-2H3. The number of anilines is 2. The van der Waals surface area contributed by atoms with Crippen LogP contribution in [0.25, 0.3) is 0 Å². The molecular formula is C24H29N3O2. The van der Waals surface area contributed by atoms with Crippen molar-refractivity contribution in [3.8, 4) is 5.75 Å². The molecule has 0 radical (unpaired) electrons. The van der Waals surface area contributed by atoms with E-state index in [1.807, 2.05) is 58.0 Å². The summed E-state index contributed by atoms with van der Waals surface area (Å²) in [6.07, 6.45) is 0.